The van der Waals surface area contributed by atoms with Gasteiger partial charge in [-0.25, -0.2) is 5.84 Å². The minimum Gasteiger partial charge on any atom is -0.310 e. The molecule has 2 nitrogen and oxygen atoms in total. The van der Waals surface area contributed by atoms with E-state index < -0.39 is 0 Å². The van der Waals surface area contributed by atoms with Crippen LogP contribution >= 0.6 is 11.6 Å². The van der Waals surface area contributed by atoms with Gasteiger partial charge < -0.3 is 5.01 Å². The highest BCUT2D eigenvalue weighted by atomic mass is 35.5. The van der Waals surface area contributed by atoms with Gasteiger partial charge in [-0.3, -0.25) is 0 Å². The van der Waals surface area contributed by atoms with E-state index in [2.05, 4.69) is 0 Å². The van der Waals surface area contributed by atoms with Crippen molar-refractivity contribution in [2.75, 3.05) is 11.6 Å². The van der Waals surface area contributed by atoms with Crippen molar-refractivity contribution >= 4 is 17.3 Å². The molecule has 0 fully saturated rings. The number of halogens is 1. The number of nitrogens with two attached hydrogens (primary N) is 1. The van der Waals surface area contributed by atoms with Gasteiger partial charge in [0.2, 0.25) is 0 Å². The second-order valence-electron chi connectivity index (χ2n) is 2.24. The summed E-state index contributed by atoms with van der Waals surface area (Å²) in [5.41, 5.74) is 0.872. The fraction of sp³-hybridized carbons (Fsp3) is 0.250. The maximum absolute atomic E-state index is 5.88. The Bertz CT molecular complexity index is 237. The molecule has 1 rings (SSSR count). The number of nitrogens with zero attached hydrogens (tertiary/aromatic N) is 1. The van der Waals surface area contributed by atoms with E-state index >= 15 is 0 Å². The summed E-state index contributed by atoms with van der Waals surface area (Å²) in [6.07, 6.45) is 0. The summed E-state index contributed by atoms with van der Waals surface area (Å²) in [5.74, 6) is 5.64. The molecule has 2 N–H and O–H groups in total. The van der Waals surface area contributed by atoms with E-state index in [0.717, 1.165) is 12.2 Å². The molecule has 0 amide bonds. The van der Waals surface area contributed by atoms with Crippen LogP contribution in [0.5, 0.6) is 0 Å². The number of anilines is 1. The second kappa shape index (κ2) is 3.60. The van der Waals surface area contributed by atoms with Gasteiger partial charge in [0.25, 0.3) is 0 Å². The molecule has 0 aliphatic carbocycles. The molecule has 0 aliphatic heterocycles. The van der Waals surface area contributed by atoms with Gasteiger partial charge in [0.05, 0.1) is 10.7 Å². The standard InChI is InChI=1S/C8H11ClN2/c1-2-11(10)8-6-4-3-5-7(8)9/h3-6H,2,10H2,1H3. The van der Waals surface area contributed by atoms with Crippen LogP contribution in [0.25, 0.3) is 0 Å². The summed E-state index contributed by atoms with van der Waals surface area (Å²) in [6.45, 7) is 2.73. The Morgan fingerprint density at radius 2 is 2.09 bits per heavy atom. The number of hydrogen-bond acceptors (Lipinski definition) is 2. The molecule has 0 unspecified atom stereocenters. The molecule has 0 heterocycles. The third-order valence-electron chi connectivity index (χ3n) is 1.50. The summed E-state index contributed by atoms with van der Waals surface area (Å²) in [5, 5.41) is 2.30. The molecule has 0 saturated carbocycles. The van der Waals surface area contributed by atoms with E-state index in [1.165, 1.54) is 0 Å². The first-order chi connectivity index (χ1) is 5.25. The third-order valence-corrected chi connectivity index (χ3v) is 1.82. The maximum atomic E-state index is 5.88. The number of rotatable bonds is 2. The Hall–Kier alpha value is -0.730. The van der Waals surface area contributed by atoms with Crippen LogP contribution in [0.4, 0.5) is 5.69 Å². The fourth-order valence-corrected chi connectivity index (χ4v) is 1.10. The van der Waals surface area contributed by atoms with Crippen molar-refractivity contribution in [2.24, 2.45) is 5.84 Å². The van der Waals surface area contributed by atoms with Crippen LogP contribution in [-0.4, -0.2) is 6.54 Å². The predicted octanol–water partition coefficient (Wildman–Crippen LogP) is 2.04. The van der Waals surface area contributed by atoms with Gasteiger partial charge in [-0.1, -0.05) is 23.7 Å². The summed E-state index contributed by atoms with van der Waals surface area (Å²) in [7, 11) is 0. The van der Waals surface area contributed by atoms with Gasteiger partial charge in [-0.15, -0.1) is 0 Å². The van der Waals surface area contributed by atoms with E-state index in [1.807, 2.05) is 31.2 Å². The Morgan fingerprint density at radius 3 is 2.64 bits per heavy atom. The van der Waals surface area contributed by atoms with Crippen LogP contribution in [0.3, 0.4) is 0 Å². The van der Waals surface area contributed by atoms with E-state index in [4.69, 9.17) is 17.4 Å². The number of hydrazine groups is 1. The highest BCUT2D eigenvalue weighted by Crippen LogP contribution is 2.22. The average molecular weight is 171 g/mol. The lowest BCUT2D eigenvalue weighted by atomic mass is 10.3. The van der Waals surface area contributed by atoms with Crippen LogP contribution in [0, 0.1) is 0 Å². The molecule has 3 heteroatoms. The number of para-hydroxylation sites is 1. The lowest BCUT2D eigenvalue weighted by Gasteiger charge is -2.16. The van der Waals surface area contributed by atoms with E-state index in [1.54, 1.807) is 5.01 Å². The number of hydrogen-bond donors (Lipinski definition) is 1. The molecular weight excluding hydrogens is 160 g/mol. The molecule has 0 bridgehead atoms. The average Bonchev–Trinajstić information content (AvgIpc) is 2.04. The normalized spacial score (nSPS) is 9.73. The molecule has 0 spiro atoms. The largest absolute Gasteiger partial charge is 0.310 e. The van der Waals surface area contributed by atoms with Crippen molar-refractivity contribution < 1.29 is 0 Å². The predicted molar refractivity (Wildman–Crippen MR) is 48.7 cm³/mol. The minimum atomic E-state index is 0.692. The van der Waals surface area contributed by atoms with Crippen molar-refractivity contribution in [3.63, 3.8) is 0 Å². The Morgan fingerprint density at radius 1 is 1.45 bits per heavy atom. The van der Waals surface area contributed by atoms with Gasteiger partial charge >= 0.3 is 0 Å². The van der Waals surface area contributed by atoms with E-state index in [9.17, 15) is 0 Å². The van der Waals surface area contributed by atoms with Gasteiger partial charge in [-0.05, 0) is 19.1 Å². The first kappa shape index (κ1) is 8.37. The SMILES string of the molecule is CCN(N)c1ccccc1Cl. The van der Waals surface area contributed by atoms with Crippen molar-refractivity contribution in [3.05, 3.63) is 29.3 Å². The molecule has 0 aliphatic rings. The van der Waals surface area contributed by atoms with Gasteiger partial charge in [0, 0.05) is 6.54 Å². The molecule has 60 valence electrons. The molecule has 1 aromatic rings. The monoisotopic (exact) mass is 170 g/mol. The van der Waals surface area contributed by atoms with E-state index in [0.29, 0.717) is 5.02 Å². The lowest BCUT2D eigenvalue weighted by Crippen LogP contribution is -2.30. The molecule has 0 radical (unpaired) electrons. The molecule has 11 heavy (non-hydrogen) atoms. The summed E-state index contributed by atoms with van der Waals surface area (Å²) < 4.78 is 0. The van der Waals surface area contributed by atoms with Gasteiger partial charge in [-0.2, -0.15) is 0 Å². The summed E-state index contributed by atoms with van der Waals surface area (Å²) in [4.78, 5) is 0. The number of benzene rings is 1. The Kier molecular flexibility index (Phi) is 2.74. The first-order valence-corrected chi connectivity index (χ1v) is 3.90. The summed E-state index contributed by atoms with van der Waals surface area (Å²) >= 11 is 5.88. The van der Waals surface area contributed by atoms with Crippen molar-refractivity contribution in [1.29, 1.82) is 0 Å². The van der Waals surface area contributed by atoms with Gasteiger partial charge in [0.15, 0.2) is 0 Å². The highest BCUT2D eigenvalue weighted by Gasteiger charge is 2.01. The Balaban J connectivity index is 2.93. The zero-order chi connectivity index (χ0) is 8.27. The Labute approximate surface area is 71.5 Å². The van der Waals surface area contributed by atoms with Crippen LogP contribution in [0.2, 0.25) is 5.02 Å². The first-order valence-electron chi connectivity index (χ1n) is 3.52. The van der Waals surface area contributed by atoms with Crippen molar-refractivity contribution in [3.8, 4) is 0 Å². The third kappa shape index (κ3) is 1.85. The molecule has 0 saturated heterocycles. The van der Waals surface area contributed by atoms with Gasteiger partial charge in [0.1, 0.15) is 0 Å². The van der Waals surface area contributed by atoms with Crippen LogP contribution < -0.4 is 10.9 Å². The topological polar surface area (TPSA) is 29.3 Å². The van der Waals surface area contributed by atoms with Crippen LogP contribution in [0.1, 0.15) is 6.92 Å². The molecule has 0 aromatic heterocycles. The van der Waals surface area contributed by atoms with Crippen molar-refractivity contribution in [2.45, 2.75) is 6.92 Å². The quantitative estimate of drug-likeness (QED) is 0.544. The van der Waals surface area contributed by atoms with Crippen molar-refractivity contribution in [1.82, 2.24) is 0 Å². The zero-order valence-corrected chi connectivity index (χ0v) is 7.17. The fourth-order valence-electron chi connectivity index (χ4n) is 0.855. The van der Waals surface area contributed by atoms with Crippen LogP contribution in [0.15, 0.2) is 24.3 Å². The van der Waals surface area contributed by atoms with Crippen LogP contribution in [-0.2, 0) is 0 Å². The molecular formula is C8H11ClN2. The molecule has 1 aromatic carbocycles. The zero-order valence-electron chi connectivity index (χ0n) is 6.42. The summed E-state index contributed by atoms with van der Waals surface area (Å²) in [6, 6.07) is 7.52. The minimum absolute atomic E-state index is 0.692. The smallest absolute Gasteiger partial charge is 0.0703 e. The molecule has 0 atom stereocenters. The second-order valence-corrected chi connectivity index (χ2v) is 2.64. The van der Waals surface area contributed by atoms with E-state index in [-0.39, 0.29) is 0 Å². The highest BCUT2D eigenvalue weighted by molar-refractivity contribution is 6.33. The maximum Gasteiger partial charge on any atom is 0.0703 e. The lowest BCUT2D eigenvalue weighted by molar-refractivity contribution is 0.892.